The predicted molar refractivity (Wildman–Crippen MR) is 203 cm³/mol. The van der Waals surface area contributed by atoms with Crippen molar-refractivity contribution in [1.29, 1.82) is 0 Å². The number of benzene rings is 5. The molecule has 5 aromatic rings. The summed E-state index contributed by atoms with van der Waals surface area (Å²) in [6.45, 7) is 10.7. The third-order valence-electron chi connectivity index (χ3n) is 10.3. The van der Waals surface area contributed by atoms with Crippen LogP contribution in [0.3, 0.4) is 0 Å². The lowest BCUT2D eigenvalue weighted by Crippen LogP contribution is -2.33. The zero-order valence-electron chi connectivity index (χ0n) is 29.6. The number of nitrogens with zero attached hydrogens (tertiary/aromatic N) is 2. The molecule has 0 amide bonds. The highest BCUT2D eigenvalue weighted by Crippen LogP contribution is 2.54. The minimum absolute atomic E-state index is 0.120. The molecule has 2 heterocycles. The molecule has 0 radical (unpaired) electrons. The van der Waals surface area contributed by atoms with Crippen LogP contribution in [0.25, 0.3) is 0 Å². The second-order valence-corrected chi connectivity index (χ2v) is 14.3. The minimum Gasteiger partial charge on any atom is -0.492 e. The summed E-state index contributed by atoms with van der Waals surface area (Å²) in [7, 11) is 0. The van der Waals surface area contributed by atoms with Crippen LogP contribution in [0.15, 0.2) is 127 Å². The van der Waals surface area contributed by atoms with E-state index in [9.17, 15) is 0 Å². The molecular weight excluding hydrogens is 617 g/mol. The molecule has 50 heavy (non-hydrogen) atoms. The number of likely N-dealkylation sites (tertiary alicyclic amines) is 1. The smallest absolute Gasteiger partial charge is 0.120 e. The molecule has 0 saturated carbocycles. The van der Waals surface area contributed by atoms with Crippen molar-refractivity contribution in [3.63, 3.8) is 0 Å². The average Bonchev–Trinajstić information content (AvgIpc) is 3.30. The number of anilines is 1. The van der Waals surface area contributed by atoms with E-state index in [1.165, 1.54) is 61.2 Å². The molecule has 0 aliphatic carbocycles. The third kappa shape index (κ3) is 8.17. The van der Waals surface area contributed by atoms with E-state index in [1.54, 1.807) is 0 Å². The van der Waals surface area contributed by atoms with Crippen molar-refractivity contribution < 1.29 is 14.2 Å². The lowest BCUT2D eigenvalue weighted by Gasteiger charge is -2.35. The Kier molecular flexibility index (Phi) is 10.7. The van der Waals surface area contributed by atoms with Gasteiger partial charge in [-0.05, 0) is 96.2 Å². The van der Waals surface area contributed by atoms with E-state index in [4.69, 9.17) is 14.2 Å². The highest BCUT2D eigenvalue weighted by atomic mass is 16.5. The predicted octanol–water partition coefficient (Wildman–Crippen LogP) is 10.1. The fourth-order valence-corrected chi connectivity index (χ4v) is 7.59. The van der Waals surface area contributed by atoms with Crippen LogP contribution in [0.1, 0.15) is 73.4 Å². The number of fused-ring (bicyclic) bond motifs is 1. The Balaban J connectivity index is 1.09. The quantitative estimate of drug-likeness (QED) is 0.125. The molecule has 5 aromatic carbocycles. The van der Waals surface area contributed by atoms with Gasteiger partial charge in [0.1, 0.15) is 37.1 Å². The van der Waals surface area contributed by atoms with Crippen LogP contribution in [0.2, 0.25) is 0 Å². The molecule has 1 fully saturated rings. The maximum absolute atomic E-state index is 6.32. The molecule has 2 aliphatic rings. The van der Waals surface area contributed by atoms with Gasteiger partial charge in [-0.2, -0.15) is 0 Å². The van der Waals surface area contributed by atoms with E-state index < -0.39 is 0 Å². The first-order chi connectivity index (χ1) is 24.5. The molecule has 7 rings (SSSR count). The topological polar surface area (TPSA) is 34.2 Å². The lowest BCUT2D eigenvalue weighted by molar-refractivity contribution is 0.214. The summed E-state index contributed by atoms with van der Waals surface area (Å²) < 4.78 is 18.7. The van der Waals surface area contributed by atoms with Crippen molar-refractivity contribution in [1.82, 2.24) is 4.90 Å². The molecule has 1 saturated heterocycles. The normalized spacial score (nSPS) is 17.2. The highest BCUT2D eigenvalue weighted by Gasteiger charge is 2.45. The Morgan fingerprint density at radius 2 is 1.14 bits per heavy atom. The van der Waals surface area contributed by atoms with Crippen molar-refractivity contribution in [2.45, 2.75) is 70.7 Å². The van der Waals surface area contributed by atoms with Gasteiger partial charge < -0.3 is 19.1 Å². The van der Waals surface area contributed by atoms with Gasteiger partial charge in [0.15, 0.2) is 0 Å². The molecule has 2 aliphatic heterocycles. The van der Waals surface area contributed by atoms with Gasteiger partial charge in [-0.25, -0.2) is 0 Å². The molecule has 0 N–H and O–H groups in total. The fourth-order valence-electron chi connectivity index (χ4n) is 7.59. The molecule has 0 aromatic heterocycles. The summed E-state index contributed by atoms with van der Waals surface area (Å²) in [6, 6.07) is 44.8. The summed E-state index contributed by atoms with van der Waals surface area (Å²) in [5.74, 6) is 2.71. The molecule has 5 nitrogen and oxygen atoms in total. The van der Waals surface area contributed by atoms with E-state index in [2.05, 4.69) is 127 Å². The zero-order valence-corrected chi connectivity index (χ0v) is 29.6. The maximum atomic E-state index is 6.32. The molecule has 1 atom stereocenters. The summed E-state index contributed by atoms with van der Waals surface area (Å²) >= 11 is 0. The van der Waals surface area contributed by atoms with E-state index in [1.807, 2.05) is 24.3 Å². The van der Waals surface area contributed by atoms with Crippen LogP contribution >= 0.6 is 0 Å². The van der Waals surface area contributed by atoms with Crippen molar-refractivity contribution in [2.75, 3.05) is 31.1 Å². The SMILES string of the molecule is CC1(C)c2cc(OCc3ccccc3)ccc2N(Cc2ccc(OCCN3CCCCCC3)cc2)[C@@H]1c1ccc(OCc2ccccc2)cc1. The number of rotatable bonds is 13. The third-order valence-corrected chi connectivity index (χ3v) is 10.3. The van der Waals surface area contributed by atoms with Crippen LogP contribution in [0.4, 0.5) is 5.69 Å². The van der Waals surface area contributed by atoms with E-state index in [0.29, 0.717) is 13.2 Å². The number of ether oxygens (including phenoxy) is 3. The van der Waals surface area contributed by atoms with Crippen LogP contribution in [-0.4, -0.2) is 31.1 Å². The van der Waals surface area contributed by atoms with Crippen molar-refractivity contribution in [2.24, 2.45) is 0 Å². The zero-order chi connectivity index (χ0) is 34.2. The summed E-state index contributed by atoms with van der Waals surface area (Å²) in [5, 5.41) is 0. The lowest BCUT2D eigenvalue weighted by atomic mass is 9.77. The highest BCUT2D eigenvalue weighted by molar-refractivity contribution is 5.67. The van der Waals surface area contributed by atoms with Crippen molar-refractivity contribution >= 4 is 5.69 Å². The Hall–Kier alpha value is -4.74. The van der Waals surface area contributed by atoms with E-state index >= 15 is 0 Å². The van der Waals surface area contributed by atoms with Crippen molar-refractivity contribution in [3.8, 4) is 17.2 Å². The van der Waals surface area contributed by atoms with Gasteiger partial charge in [-0.3, -0.25) is 4.90 Å². The first-order valence-electron chi connectivity index (χ1n) is 18.3. The van der Waals surface area contributed by atoms with Gasteiger partial charge in [0, 0.05) is 24.2 Å². The first-order valence-corrected chi connectivity index (χ1v) is 18.3. The molecule has 0 bridgehead atoms. The summed E-state index contributed by atoms with van der Waals surface area (Å²) in [6.07, 6.45) is 5.33. The van der Waals surface area contributed by atoms with Crippen molar-refractivity contribution in [3.05, 3.63) is 155 Å². The number of hydrogen-bond acceptors (Lipinski definition) is 5. The summed E-state index contributed by atoms with van der Waals surface area (Å²) in [4.78, 5) is 5.11. The van der Waals surface area contributed by atoms with Crippen LogP contribution in [-0.2, 0) is 25.2 Å². The molecule has 0 unspecified atom stereocenters. The molecule has 5 heteroatoms. The fraction of sp³-hybridized carbons (Fsp3) is 0.333. The van der Waals surface area contributed by atoms with Gasteiger partial charge in [-0.15, -0.1) is 0 Å². The minimum atomic E-state index is -0.176. The molecule has 0 spiro atoms. The first kappa shape index (κ1) is 33.7. The Bertz CT molecular complexity index is 1780. The standard InChI is InChI=1S/C45H50N2O3/c1-45(2)42-31-41(50-34-37-15-9-6-10-16-37)25-26-43(42)47(44(45)38-19-23-40(24-20-38)49-33-36-13-7-5-8-14-36)32-35-17-21-39(22-18-35)48-30-29-46-27-11-3-4-12-28-46/h5-10,13-26,31,44H,3-4,11-12,27-30,32-34H2,1-2H3/t44-/m1/s1. The average molecular weight is 667 g/mol. The Morgan fingerprint density at radius 1 is 0.580 bits per heavy atom. The summed E-state index contributed by atoms with van der Waals surface area (Å²) in [5.41, 5.74) is 7.21. The van der Waals surface area contributed by atoms with Crippen LogP contribution in [0.5, 0.6) is 17.2 Å². The van der Waals surface area contributed by atoms with Gasteiger partial charge in [0.25, 0.3) is 0 Å². The van der Waals surface area contributed by atoms with Gasteiger partial charge in [0.2, 0.25) is 0 Å². The molecular formula is C45H50N2O3. The van der Waals surface area contributed by atoms with Gasteiger partial charge >= 0.3 is 0 Å². The monoisotopic (exact) mass is 666 g/mol. The second kappa shape index (κ2) is 15.9. The Labute approximate surface area is 298 Å². The van der Waals surface area contributed by atoms with Gasteiger partial charge in [0.05, 0.1) is 6.04 Å². The van der Waals surface area contributed by atoms with Crippen LogP contribution < -0.4 is 19.1 Å². The van der Waals surface area contributed by atoms with E-state index in [-0.39, 0.29) is 11.5 Å². The molecule has 258 valence electrons. The van der Waals surface area contributed by atoms with Crippen LogP contribution in [0, 0.1) is 0 Å². The Morgan fingerprint density at radius 3 is 1.78 bits per heavy atom. The largest absolute Gasteiger partial charge is 0.492 e. The second-order valence-electron chi connectivity index (χ2n) is 14.3. The van der Waals surface area contributed by atoms with E-state index in [0.717, 1.165) is 48.1 Å². The number of hydrogen-bond donors (Lipinski definition) is 0. The van der Waals surface area contributed by atoms with Gasteiger partial charge in [-0.1, -0.05) is 112 Å². The maximum Gasteiger partial charge on any atom is 0.120 e.